The maximum Gasteiger partial charge on any atom is 0.222 e. The fraction of sp³-hybridized carbons (Fsp3) is 0.360. The largest absolute Gasteiger partial charge is 0.372 e. The SMILES string of the molecule is CN(Cc1ccc(N2CCCCC2)cc1)C(=O)CCc1cnn(-c2ccccc2)c1. The Morgan fingerprint density at radius 2 is 1.67 bits per heavy atom. The van der Waals surface area contributed by atoms with Gasteiger partial charge in [-0.05, 0) is 61.1 Å². The quantitative estimate of drug-likeness (QED) is 0.586. The van der Waals surface area contributed by atoms with Gasteiger partial charge in [0.2, 0.25) is 5.91 Å². The molecular weight excluding hydrogens is 372 g/mol. The van der Waals surface area contributed by atoms with E-state index in [9.17, 15) is 4.79 Å². The van der Waals surface area contributed by atoms with Gasteiger partial charge in [0, 0.05) is 45.0 Å². The first-order valence-electron chi connectivity index (χ1n) is 10.9. The van der Waals surface area contributed by atoms with E-state index in [1.807, 2.05) is 59.4 Å². The van der Waals surface area contributed by atoms with Gasteiger partial charge in [0.05, 0.1) is 11.9 Å². The van der Waals surface area contributed by atoms with Crippen molar-refractivity contribution in [3.63, 3.8) is 0 Å². The summed E-state index contributed by atoms with van der Waals surface area (Å²) in [5.41, 5.74) is 4.57. The number of aryl methyl sites for hydroxylation is 1. The van der Waals surface area contributed by atoms with Gasteiger partial charge >= 0.3 is 0 Å². The van der Waals surface area contributed by atoms with Crippen molar-refractivity contribution in [2.45, 2.75) is 38.6 Å². The van der Waals surface area contributed by atoms with Crippen molar-refractivity contribution in [1.29, 1.82) is 0 Å². The van der Waals surface area contributed by atoms with Gasteiger partial charge in [-0.1, -0.05) is 30.3 Å². The van der Waals surface area contributed by atoms with Crippen molar-refractivity contribution in [3.8, 4) is 5.69 Å². The number of aromatic nitrogens is 2. The van der Waals surface area contributed by atoms with Crippen LogP contribution in [0.1, 0.15) is 36.8 Å². The number of hydrogen-bond acceptors (Lipinski definition) is 3. The Bertz CT molecular complexity index is 943. The molecule has 1 aliphatic heterocycles. The minimum atomic E-state index is 0.155. The first-order chi connectivity index (χ1) is 14.7. The Morgan fingerprint density at radius 3 is 2.40 bits per heavy atom. The molecule has 1 aromatic heterocycles. The van der Waals surface area contributed by atoms with Crippen LogP contribution in [-0.4, -0.2) is 40.7 Å². The highest BCUT2D eigenvalue weighted by molar-refractivity contribution is 5.76. The van der Waals surface area contributed by atoms with Crippen LogP contribution in [0, 0.1) is 0 Å². The minimum absolute atomic E-state index is 0.155. The second-order valence-corrected chi connectivity index (χ2v) is 8.09. The van der Waals surface area contributed by atoms with E-state index in [1.54, 1.807) is 0 Å². The van der Waals surface area contributed by atoms with Crippen molar-refractivity contribution in [1.82, 2.24) is 14.7 Å². The molecule has 1 fully saturated rings. The third-order valence-corrected chi connectivity index (χ3v) is 5.79. The first-order valence-corrected chi connectivity index (χ1v) is 10.9. The summed E-state index contributed by atoms with van der Waals surface area (Å²) in [6.45, 7) is 2.94. The summed E-state index contributed by atoms with van der Waals surface area (Å²) in [5, 5.41) is 4.41. The molecule has 0 saturated carbocycles. The third kappa shape index (κ3) is 5.09. The van der Waals surface area contributed by atoms with E-state index in [-0.39, 0.29) is 5.91 Å². The van der Waals surface area contributed by atoms with Crippen molar-refractivity contribution < 1.29 is 4.79 Å². The number of amides is 1. The number of para-hydroxylation sites is 1. The molecule has 0 atom stereocenters. The number of nitrogens with zero attached hydrogens (tertiary/aromatic N) is 4. The molecule has 0 spiro atoms. The molecule has 30 heavy (non-hydrogen) atoms. The number of benzene rings is 2. The maximum absolute atomic E-state index is 12.6. The number of hydrogen-bond donors (Lipinski definition) is 0. The fourth-order valence-corrected chi connectivity index (χ4v) is 3.98. The normalized spacial score (nSPS) is 14.0. The Labute approximate surface area is 178 Å². The lowest BCUT2D eigenvalue weighted by atomic mass is 10.1. The predicted octanol–water partition coefficient (Wildman–Crippen LogP) is 4.45. The Balaban J connectivity index is 1.27. The number of rotatable bonds is 7. The fourth-order valence-electron chi connectivity index (χ4n) is 3.98. The van der Waals surface area contributed by atoms with Crippen LogP contribution in [-0.2, 0) is 17.8 Å². The minimum Gasteiger partial charge on any atom is -0.372 e. The Morgan fingerprint density at radius 1 is 0.933 bits per heavy atom. The molecule has 1 amide bonds. The Kier molecular flexibility index (Phi) is 6.47. The first kappa shape index (κ1) is 20.2. The number of carbonyl (C=O) groups excluding carboxylic acids is 1. The highest BCUT2D eigenvalue weighted by Gasteiger charge is 2.13. The lowest BCUT2D eigenvalue weighted by molar-refractivity contribution is -0.130. The van der Waals surface area contributed by atoms with E-state index >= 15 is 0 Å². The molecule has 0 unspecified atom stereocenters. The van der Waals surface area contributed by atoms with Crippen LogP contribution in [0.25, 0.3) is 5.69 Å². The number of piperidine rings is 1. The van der Waals surface area contributed by atoms with E-state index < -0.39 is 0 Å². The van der Waals surface area contributed by atoms with Crippen LogP contribution in [0.3, 0.4) is 0 Å². The van der Waals surface area contributed by atoms with E-state index in [0.717, 1.165) is 24.3 Å². The maximum atomic E-state index is 12.6. The van der Waals surface area contributed by atoms with Crippen LogP contribution in [0.5, 0.6) is 0 Å². The lowest BCUT2D eigenvalue weighted by Crippen LogP contribution is -2.29. The van der Waals surface area contributed by atoms with E-state index in [4.69, 9.17) is 0 Å². The molecule has 2 aromatic carbocycles. The molecule has 0 bridgehead atoms. The zero-order chi connectivity index (χ0) is 20.8. The van der Waals surface area contributed by atoms with Crippen molar-refractivity contribution >= 4 is 11.6 Å². The van der Waals surface area contributed by atoms with Gasteiger partial charge in [-0.15, -0.1) is 0 Å². The van der Waals surface area contributed by atoms with Crippen LogP contribution >= 0.6 is 0 Å². The summed E-state index contributed by atoms with van der Waals surface area (Å²) in [4.78, 5) is 16.9. The van der Waals surface area contributed by atoms with E-state index in [2.05, 4.69) is 34.3 Å². The van der Waals surface area contributed by atoms with E-state index in [0.29, 0.717) is 19.4 Å². The molecule has 5 heteroatoms. The van der Waals surface area contributed by atoms with Gasteiger partial charge in [0.25, 0.3) is 0 Å². The molecule has 0 aliphatic carbocycles. The number of anilines is 1. The standard InChI is InChI=1S/C25H30N4O/c1-27(19-21-10-13-23(14-11-21)28-16-6-3-7-17-28)25(30)15-12-22-18-26-29(20-22)24-8-4-2-5-9-24/h2,4-5,8-11,13-14,18,20H,3,6-7,12,15-17,19H2,1H3. The average molecular weight is 403 g/mol. The second-order valence-electron chi connectivity index (χ2n) is 8.09. The van der Waals surface area contributed by atoms with Gasteiger partial charge in [-0.2, -0.15) is 5.10 Å². The average Bonchev–Trinajstić information content (AvgIpc) is 3.28. The molecular formula is C25H30N4O. The van der Waals surface area contributed by atoms with Crippen molar-refractivity contribution in [2.75, 3.05) is 25.0 Å². The van der Waals surface area contributed by atoms with Gasteiger partial charge in [-0.25, -0.2) is 4.68 Å². The molecule has 0 N–H and O–H groups in total. The summed E-state index contributed by atoms with van der Waals surface area (Å²) in [6.07, 6.45) is 8.94. The van der Waals surface area contributed by atoms with Gasteiger partial charge in [0.1, 0.15) is 0 Å². The Hall–Kier alpha value is -3.08. The lowest BCUT2D eigenvalue weighted by Gasteiger charge is -2.29. The van der Waals surface area contributed by atoms with Crippen LogP contribution in [0.2, 0.25) is 0 Å². The predicted molar refractivity (Wildman–Crippen MR) is 121 cm³/mol. The summed E-state index contributed by atoms with van der Waals surface area (Å²) in [7, 11) is 1.88. The highest BCUT2D eigenvalue weighted by Crippen LogP contribution is 2.20. The van der Waals surface area contributed by atoms with Crippen LogP contribution < -0.4 is 4.90 Å². The summed E-state index contributed by atoms with van der Waals surface area (Å²) < 4.78 is 1.85. The van der Waals surface area contributed by atoms with Gasteiger partial charge in [0.15, 0.2) is 0 Å². The molecule has 0 radical (unpaired) electrons. The highest BCUT2D eigenvalue weighted by atomic mass is 16.2. The molecule has 4 rings (SSSR count). The molecule has 3 aromatic rings. The third-order valence-electron chi connectivity index (χ3n) is 5.79. The smallest absolute Gasteiger partial charge is 0.222 e. The van der Waals surface area contributed by atoms with E-state index in [1.165, 1.54) is 30.5 Å². The molecule has 156 valence electrons. The van der Waals surface area contributed by atoms with Crippen LogP contribution in [0.15, 0.2) is 67.0 Å². The van der Waals surface area contributed by atoms with Gasteiger partial charge in [-0.3, -0.25) is 4.79 Å². The number of carbonyl (C=O) groups is 1. The molecule has 5 nitrogen and oxygen atoms in total. The molecule has 2 heterocycles. The topological polar surface area (TPSA) is 41.4 Å². The second kappa shape index (κ2) is 9.61. The molecule has 1 aliphatic rings. The monoisotopic (exact) mass is 402 g/mol. The summed E-state index contributed by atoms with van der Waals surface area (Å²) in [5.74, 6) is 0.155. The van der Waals surface area contributed by atoms with Crippen molar-refractivity contribution in [2.24, 2.45) is 0 Å². The molecule has 1 saturated heterocycles. The zero-order valence-electron chi connectivity index (χ0n) is 17.7. The summed E-state index contributed by atoms with van der Waals surface area (Å²) in [6, 6.07) is 18.7. The summed E-state index contributed by atoms with van der Waals surface area (Å²) >= 11 is 0. The van der Waals surface area contributed by atoms with Gasteiger partial charge < -0.3 is 9.80 Å². The zero-order valence-corrected chi connectivity index (χ0v) is 17.7. The van der Waals surface area contributed by atoms with Crippen molar-refractivity contribution in [3.05, 3.63) is 78.1 Å². The van der Waals surface area contributed by atoms with Crippen LogP contribution in [0.4, 0.5) is 5.69 Å².